The fraction of sp³-hybridized carbons (Fsp3) is 0.500. The normalized spacial score (nSPS) is 13.4. The maximum absolute atomic E-state index is 14.1. The van der Waals surface area contributed by atoms with Gasteiger partial charge in [-0.1, -0.05) is 0 Å². The summed E-state index contributed by atoms with van der Waals surface area (Å²) in [4.78, 5) is 26.4. The number of halogens is 5. The minimum Gasteiger partial charge on any atom is -0.443 e. The van der Waals surface area contributed by atoms with E-state index in [0.717, 1.165) is 4.57 Å². The predicted octanol–water partition coefficient (Wildman–Crippen LogP) is 7.42. The van der Waals surface area contributed by atoms with Crippen LogP contribution in [0.25, 0.3) is 10.9 Å². The Morgan fingerprint density at radius 2 is 1.52 bits per heavy atom. The van der Waals surface area contributed by atoms with Crippen LogP contribution in [0.3, 0.4) is 0 Å². The summed E-state index contributed by atoms with van der Waals surface area (Å²) in [5.41, 5.74) is -1.56. The molecule has 31 heavy (non-hydrogen) atoms. The van der Waals surface area contributed by atoms with Crippen molar-refractivity contribution in [3.05, 3.63) is 26.4 Å². The van der Waals surface area contributed by atoms with Gasteiger partial charge in [-0.25, -0.2) is 22.8 Å². The summed E-state index contributed by atoms with van der Waals surface area (Å²) < 4.78 is 52.1. The lowest BCUT2D eigenvalue weighted by atomic mass is 10.2. The molecule has 0 aliphatic carbocycles. The van der Waals surface area contributed by atoms with Gasteiger partial charge in [0.05, 0.1) is 19.4 Å². The first kappa shape index (κ1) is 25.8. The number of aromatic nitrogens is 1. The summed E-state index contributed by atoms with van der Waals surface area (Å²) in [5, 5.41) is 0.335. The lowest BCUT2D eigenvalue weighted by Crippen LogP contribution is -2.44. The molecule has 1 aromatic heterocycles. The monoisotopic (exact) mass is 618 g/mol. The van der Waals surface area contributed by atoms with Crippen molar-refractivity contribution in [3.63, 3.8) is 0 Å². The second-order valence-electron chi connectivity index (χ2n) is 8.67. The second-order valence-corrected chi connectivity index (χ2v) is 10.6. The largest absolute Gasteiger partial charge is 0.443 e. The summed E-state index contributed by atoms with van der Waals surface area (Å²) in [5.74, 6) is 0. The maximum atomic E-state index is 14.1. The van der Waals surface area contributed by atoms with Crippen LogP contribution in [0.4, 0.5) is 28.4 Å². The first-order chi connectivity index (χ1) is 14.0. The van der Waals surface area contributed by atoms with E-state index in [0.29, 0.717) is 10.3 Å². The van der Waals surface area contributed by atoms with Crippen LogP contribution in [0, 0.1) is 3.70 Å². The van der Waals surface area contributed by atoms with Gasteiger partial charge in [-0.05, 0) is 98.3 Å². The molecule has 2 amide bonds. The van der Waals surface area contributed by atoms with Crippen LogP contribution in [0.15, 0.2) is 22.7 Å². The molecule has 0 radical (unpaired) electrons. The van der Waals surface area contributed by atoms with E-state index < -0.39 is 36.1 Å². The van der Waals surface area contributed by atoms with Gasteiger partial charge in [-0.3, -0.25) is 0 Å². The zero-order chi connectivity index (χ0) is 23.9. The van der Waals surface area contributed by atoms with Crippen LogP contribution in [0.5, 0.6) is 0 Å². The molecule has 1 atom stereocenters. The molecule has 0 saturated carbocycles. The highest BCUT2D eigenvalue weighted by molar-refractivity contribution is 14.1. The molecule has 172 valence electrons. The summed E-state index contributed by atoms with van der Waals surface area (Å²) in [6.45, 7) is 9.86. The fourth-order valence-corrected chi connectivity index (χ4v) is 4.11. The third kappa shape index (κ3) is 6.05. The highest BCUT2D eigenvalue weighted by Crippen LogP contribution is 2.39. The molecule has 2 rings (SSSR count). The van der Waals surface area contributed by atoms with Crippen molar-refractivity contribution in [1.82, 2.24) is 4.57 Å². The fourth-order valence-electron chi connectivity index (χ4n) is 2.64. The number of hydrogen-bond acceptors (Lipinski definition) is 4. The van der Waals surface area contributed by atoms with E-state index in [4.69, 9.17) is 9.47 Å². The molecule has 1 aromatic carbocycles. The van der Waals surface area contributed by atoms with Gasteiger partial charge in [0, 0.05) is 5.39 Å². The molecule has 0 fully saturated rings. The van der Waals surface area contributed by atoms with Crippen molar-refractivity contribution in [2.75, 3.05) is 4.90 Å². The van der Waals surface area contributed by atoms with E-state index in [1.165, 1.54) is 18.2 Å². The number of rotatable bonds is 3. The molecule has 6 nitrogen and oxygen atoms in total. The van der Waals surface area contributed by atoms with Gasteiger partial charge in [0.25, 0.3) is 6.43 Å². The van der Waals surface area contributed by atoms with E-state index >= 15 is 0 Å². The zero-order valence-electron chi connectivity index (χ0n) is 17.8. The van der Waals surface area contributed by atoms with Crippen LogP contribution < -0.4 is 4.90 Å². The quantitative estimate of drug-likeness (QED) is 0.336. The van der Waals surface area contributed by atoms with E-state index in [1.807, 2.05) is 0 Å². The van der Waals surface area contributed by atoms with Gasteiger partial charge in [-0.15, -0.1) is 0 Å². The number of ether oxygens (including phenoxy) is 2. The number of nitrogens with zero attached hydrogens (tertiary/aromatic N) is 2. The van der Waals surface area contributed by atoms with Gasteiger partial charge >= 0.3 is 12.2 Å². The molecular weight excluding hydrogens is 596 g/mol. The summed E-state index contributed by atoms with van der Waals surface area (Å²) in [6.07, 6.45) is -7.73. The molecule has 0 bridgehead atoms. The minimum absolute atomic E-state index is 0.0667. The molecule has 1 heterocycles. The van der Waals surface area contributed by atoms with Crippen LogP contribution in [0.2, 0.25) is 0 Å². The molecule has 11 heteroatoms. The number of benzene rings is 1. The second kappa shape index (κ2) is 9.16. The van der Waals surface area contributed by atoms with Crippen molar-refractivity contribution < 1.29 is 32.2 Å². The lowest BCUT2D eigenvalue weighted by Gasteiger charge is -2.29. The predicted molar refractivity (Wildman–Crippen MR) is 123 cm³/mol. The molecule has 1 unspecified atom stereocenters. The number of fused-ring (bicyclic) bond motifs is 1. The van der Waals surface area contributed by atoms with Crippen molar-refractivity contribution in [2.24, 2.45) is 0 Å². The topological polar surface area (TPSA) is 60.8 Å². The van der Waals surface area contributed by atoms with E-state index in [-0.39, 0.29) is 19.4 Å². The van der Waals surface area contributed by atoms with Crippen molar-refractivity contribution in [1.29, 1.82) is 0 Å². The Bertz CT molecular complexity index is 971. The molecule has 0 aliphatic rings. The molecule has 2 aromatic rings. The van der Waals surface area contributed by atoms with Gasteiger partial charge in [0.1, 0.15) is 11.2 Å². The number of alkyl halides is 3. The highest BCUT2D eigenvalue weighted by atomic mass is 127. The Hall–Kier alpha value is -1.50. The average Bonchev–Trinajstić information content (AvgIpc) is 2.90. The summed E-state index contributed by atoms with van der Waals surface area (Å²) >= 11 is 5.07. The minimum atomic E-state index is -3.22. The van der Waals surface area contributed by atoms with E-state index in [2.05, 4.69) is 15.9 Å². The number of amides is 2. The Kier molecular flexibility index (Phi) is 7.61. The number of hydrogen-bond donors (Lipinski definition) is 0. The van der Waals surface area contributed by atoms with Crippen molar-refractivity contribution in [3.8, 4) is 0 Å². The van der Waals surface area contributed by atoms with Crippen LogP contribution in [-0.4, -0.2) is 34.4 Å². The average molecular weight is 619 g/mol. The third-order valence-corrected chi connectivity index (χ3v) is 5.40. The van der Waals surface area contributed by atoms with Crippen LogP contribution >= 0.6 is 38.5 Å². The highest BCUT2D eigenvalue weighted by Gasteiger charge is 2.35. The summed E-state index contributed by atoms with van der Waals surface area (Å²) in [7, 11) is 0. The Balaban J connectivity index is 2.65. The number of imide groups is 1. The van der Waals surface area contributed by atoms with Crippen molar-refractivity contribution in [2.45, 2.75) is 65.5 Å². The zero-order valence-corrected chi connectivity index (χ0v) is 21.5. The van der Waals surface area contributed by atoms with Gasteiger partial charge in [-0.2, -0.15) is 4.90 Å². The smallest absolute Gasteiger partial charge is 0.424 e. The van der Waals surface area contributed by atoms with Gasteiger partial charge < -0.3 is 14.0 Å². The molecule has 0 aliphatic heterocycles. The van der Waals surface area contributed by atoms with E-state index in [1.54, 1.807) is 64.1 Å². The summed E-state index contributed by atoms with van der Waals surface area (Å²) in [6, 6.07) is 4.17. The molecule has 0 N–H and O–H groups in total. The molecule has 0 saturated heterocycles. The van der Waals surface area contributed by atoms with Crippen molar-refractivity contribution >= 4 is 67.3 Å². The SMILES string of the molecule is CC(C)(C)OC(=O)N(C(=O)OC(C)(C)C)c1ccc2c(cc(I)n2C(F)C(F)F)c1Br. The number of carbonyl (C=O) groups excluding carboxylic acids is 2. The Morgan fingerprint density at radius 3 is 1.94 bits per heavy atom. The standard InChI is InChI=1S/C20H23BrF3IN2O4/c1-19(2,3)30-17(28)27(18(29)31-20(4,5)6)12-8-7-11-10(14(12)21)9-13(25)26(11)16(24)15(22)23/h7-9,15-16H,1-6H3. The Labute approximate surface area is 200 Å². The molecule has 0 spiro atoms. The molecular formula is C20H23BrF3IN2O4. The Morgan fingerprint density at radius 1 is 1.03 bits per heavy atom. The van der Waals surface area contributed by atoms with Gasteiger partial charge in [0.15, 0.2) is 0 Å². The third-order valence-electron chi connectivity index (χ3n) is 3.74. The van der Waals surface area contributed by atoms with Crippen LogP contribution in [-0.2, 0) is 9.47 Å². The number of anilines is 1. The van der Waals surface area contributed by atoms with Crippen LogP contribution in [0.1, 0.15) is 47.8 Å². The first-order valence-corrected chi connectivity index (χ1v) is 11.1. The maximum Gasteiger partial charge on any atom is 0.424 e. The lowest BCUT2D eigenvalue weighted by molar-refractivity contribution is 0.00929. The number of carbonyl (C=O) groups is 2. The van der Waals surface area contributed by atoms with E-state index in [9.17, 15) is 22.8 Å². The van der Waals surface area contributed by atoms with Gasteiger partial charge in [0.2, 0.25) is 6.30 Å². The first-order valence-electron chi connectivity index (χ1n) is 9.20.